The highest BCUT2D eigenvalue weighted by molar-refractivity contribution is 8.00. The van der Waals surface area contributed by atoms with Crippen LogP contribution in [0.3, 0.4) is 0 Å². The van der Waals surface area contributed by atoms with E-state index in [2.05, 4.69) is 5.32 Å². The average Bonchev–Trinajstić information content (AvgIpc) is 3.44. The molecule has 0 unspecified atom stereocenters. The number of fused-ring (bicyclic) bond motifs is 1. The Morgan fingerprint density at radius 2 is 1.56 bits per heavy atom. The Kier molecular flexibility index (Phi) is 9.32. The number of rotatable bonds is 8. The molecule has 3 aromatic rings. The van der Waals surface area contributed by atoms with E-state index in [1.54, 1.807) is 44.9 Å². The Labute approximate surface area is 283 Å². The zero-order valence-electron chi connectivity index (χ0n) is 27.2. The molecule has 48 heavy (non-hydrogen) atoms. The van der Waals surface area contributed by atoms with Crippen molar-refractivity contribution in [2.75, 3.05) is 24.3 Å². The molecular weight excluding hydrogens is 630 g/mol. The van der Waals surface area contributed by atoms with E-state index in [1.165, 1.54) is 16.7 Å². The second kappa shape index (κ2) is 13.6. The lowest BCUT2D eigenvalue weighted by molar-refractivity contribution is -0.153. The SMILES string of the molecule is COc1ccccc1N1CC/C(=C\C2=C(C(=O)OC(c3ccccc3)c3ccccc3)N3C(=O)[C@@H](NC(=O)OC(C)(C)C)[C@H]3SC2)C1=O. The number of thioether (sulfide) groups is 1. The number of esters is 1. The van der Waals surface area contributed by atoms with E-state index in [-0.39, 0.29) is 11.6 Å². The molecule has 3 aliphatic rings. The molecule has 3 heterocycles. The number of β-lactam (4-membered cyclic amide) rings is 1. The third-order valence-corrected chi connectivity index (χ3v) is 9.44. The van der Waals surface area contributed by atoms with Crippen molar-refractivity contribution in [2.24, 2.45) is 0 Å². The Morgan fingerprint density at radius 1 is 0.938 bits per heavy atom. The van der Waals surface area contributed by atoms with Gasteiger partial charge in [-0.05, 0) is 62.1 Å². The number of ether oxygens (including phenoxy) is 3. The topological polar surface area (TPSA) is 114 Å². The molecule has 248 valence electrons. The van der Waals surface area contributed by atoms with Crippen LogP contribution < -0.4 is 15.0 Å². The first-order valence-electron chi connectivity index (χ1n) is 15.7. The van der Waals surface area contributed by atoms with Gasteiger partial charge in [-0.2, -0.15) is 0 Å². The van der Waals surface area contributed by atoms with Gasteiger partial charge in [0.25, 0.3) is 11.8 Å². The maximum atomic E-state index is 14.3. The van der Waals surface area contributed by atoms with E-state index in [9.17, 15) is 19.2 Å². The van der Waals surface area contributed by atoms with Gasteiger partial charge in [0, 0.05) is 17.9 Å². The Morgan fingerprint density at radius 3 is 2.19 bits per heavy atom. The Balaban J connectivity index is 1.35. The number of carbonyl (C=O) groups is 4. The fraction of sp³-hybridized carbons (Fsp3) is 0.297. The minimum absolute atomic E-state index is 0.0545. The van der Waals surface area contributed by atoms with Crippen molar-refractivity contribution < 1.29 is 33.4 Å². The third kappa shape index (κ3) is 6.68. The summed E-state index contributed by atoms with van der Waals surface area (Å²) in [6.07, 6.45) is 0.669. The lowest BCUT2D eigenvalue weighted by Crippen LogP contribution is -2.70. The van der Waals surface area contributed by atoms with Crippen molar-refractivity contribution in [2.45, 2.75) is 50.3 Å². The molecule has 3 amide bonds. The van der Waals surface area contributed by atoms with Gasteiger partial charge in [0.05, 0.1) is 12.8 Å². The summed E-state index contributed by atoms with van der Waals surface area (Å²) in [5, 5.41) is 2.10. The van der Waals surface area contributed by atoms with Gasteiger partial charge in [0.1, 0.15) is 28.5 Å². The molecule has 0 aliphatic carbocycles. The highest BCUT2D eigenvalue weighted by Gasteiger charge is 2.55. The van der Waals surface area contributed by atoms with E-state index in [0.29, 0.717) is 41.3 Å². The van der Waals surface area contributed by atoms with Crippen LogP contribution >= 0.6 is 11.8 Å². The number of alkyl carbamates (subject to hydrolysis) is 1. The fourth-order valence-electron chi connectivity index (χ4n) is 5.97. The number of para-hydroxylation sites is 2. The Hall–Kier alpha value is -5.03. The molecule has 0 aromatic heterocycles. The van der Waals surface area contributed by atoms with Crippen LogP contribution in [0.1, 0.15) is 44.4 Å². The predicted molar refractivity (Wildman–Crippen MR) is 182 cm³/mol. The standard InChI is InChI=1S/C37H37N3O7S/c1-37(2,3)47-36(44)38-29-33(42)40-30(35(43)46-31(23-13-7-5-8-14-23)24-15-9-6-10-16-24)26(22-48-34(29)40)21-25-19-20-39(32(25)41)27-17-11-12-18-28(27)45-4/h5-18,21,29,31,34H,19-20,22H2,1-4H3,(H,38,44)/b25-21+/t29-,34-/m1/s1. The monoisotopic (exact) mass is 667 g/mol. The van der Waals surface area contributed by atoms with E-state index < -0.39 is 41.1 Å². The van der Waals surface area contributed by atoms with E-state index >= 15 is 0 Å². The lowest BCUT2D eigenvalue weighted by atomic mass is 10.00. The molecule has 3 aromatic carbocycles. The number of carbonyl (C=O) groups excluding carboxylic acids is 4. The van der Waals surface area contributed by atoms with Crippen LogP contribution in [0.25, 0.3) is 0 Å². The first-order valence-corrected chi connectivity index (χ1v) is 16.7. The third-order valence-electron chi connectivity index (χ3n) is 8.14. The molecule has 0 saturated carbocycles. The lowest BCUT2D eigenvalue weighted by Gasteiger charge is -2.49. The number of nitrogens with one attached hydrogen (secondary N) is 1. The van der Waals surface area contributed by atoms with Gasteiger partial charge >= 0.3 is 12.1 Å². The van der Waals surface area contributed by atoms with Gasteiger partial charge in [-0.15, -0.1) is 11.8 Å². The highest BCUT2D eigenvalue weighted by atomic mass is 32.2. The van der Waals surface area contributed by atoms with Crippen LogP contribution in [0.15, 0.2) is 108 Å². The molecule has 0 radical (unpaired) electrons. The van der Waals surface area contributed by atoms with Gasteiger partial charge < -0.3 is 24.4 Å². The van der Waals surface area contributed by atoms with Crippen LogP contribution in [0.4, 0.5) is 10.5 Å². The molecule has 2 saturated heterocycles. The fourth-order valence-corrected chi connectivity index (χ4v) is 7.27. The molecule has 10 nitrogen and oxygen atoms in total. The number of hydrogen-bond donors (Lipinski definition) is 1. The van der Waals surface area contributed by atoms with Crippen LogP contribution in [-0.4, -0.2) is 65.2 Å². The van der Waals surface area contributed by atoms with Gasteiger partial charge in [0.15, 0.2) is 6.10 Å². The van der Waals surface area contributed by atoms with Crippen LogP contribution in [0.5, 0.6) is 5.75 Å². The molecular formula is C37H37N3O7S. The normalized spacial score (nSPS) is 20.1. The second-order valence-electron chi connectivity index (χ2n) is 12.6. The summed E-state index contributed by atoms with van der Waals surface area (Å²) < 4.78 is 17.1. The maximum absolute atomic E-state index is 14.3. The minimum Gasteiger partial charge on any atom is -0.495 e. The van der Waals surface area contributed by atoms with Crippen molar-refractivity contribution in [3.05, 3.63) is 119 Å². The summed E-state index contributed by atoms with van der Waals surface area (Å²) in [5.41, 5.74) is 2.48. The molecule has 3 aliphatic heterocycles. The molecule has 1 N–H and O–H groups in total. The quantitative estimate of drug-likeness (QED) is 0.184. The molecule has 2 atom stereocenters. The predicted octanol–water partition coefficient (Wildman–Crippen LogP) is 5.75. The number of hydrogen-bond acceptors (Lipinski definition) is 8. The van der Waals surface area contributed by atoms with Crippen LogP contribution in [0.2, 0.25) is 0 Å². The smallest absolute Gasteiger partial charge is 0.408 e. The van der Waals surface area contributed by atoms with Gasteiger partial charge in [-0.25, -0.2) is 9.59 Å². The number of nitrogens with zero attached hydrogens (tertiary/aromatic N) is 2. The molecule has 2 fully saturated rings. The minimum atomic E-state index is -0.893. The number of amides is 3. The van der Waals surface area contributed by atoms with Crippen molar-refractivity contribution in [1.82, 2.24) is 10.2 Å². The number of allylic oxidation sites excluding steroid dienone is 1. The molecule has 0 bridgehead atoms. The first kappa shape index (κ1) is 32.9. The summed E-state index contributed by atoms with van der Waals surface area (Å²) in [6, 6.07) is 25.1. The van der Waals surface area contributed by atoms with E-state index in [4.69, 9.17) is 14.2 Å². The van der Waals surface area contributed by atoms with Crippen molar-refractivity contribution in [3.8, 4) is 5.75 Å². The Bertz CT molecular complexity index is 1750. The summed E-state index contributed by atoms with van der Waals surface area (Å²) in [5.74, 6) is -0.504. The summed E-state index contributed by atoms with van der Waals surface area (Å²) in [4.78, 5) is 57.3. The van der Waals surface area contributed by atoms with Crippen molar-refractivity contribution in [3.63, 3.8) is 0 Å². The van der Waals surface area contributed by atoms with Gasteiger partial charge in [-0.3, -0.25) is 14.5 Å². The van der Waals surface area contributed by atoms with Gasteiger partial charge in [-0.1, -0.05) is 72.8 Å². The van der Waals surface area contributed by atoms with Crippen molar-refractivity contribution in [1.29, 1.82) is 0 Å². The second-order valence-corrected chi connectivity index (χ2v) is 13.7. The van der Waals surface area contributed by atoms with E-state index in [0.717, 1.165) is 11.1 Å². The zero-order valence-corrected chi connectivity index (χ0v) is 28.0. The number of benzene rings is 3. The van der Waals surface area contributed by atoms with Crippen LogP contribution in [-0.2, 0) is 23.9 Å². The number of anilines is 1. The van der Waals surface area contributed by atoms with Crippen LogP contribution in [0, 0.1) is 0 Å². The average molecular weight is 668 g/mol. The van der Waals surface area contributed by atoms with E-state index in [1.807, 2.05) is 78.9 Å². The zero-order chi connectivity index (χ0) is 34.0. The molecule has 6 rings (SSSR count). The largest absolute Gasteiger partial charge is 0.495 e. The molecule has 0 spiro atoms. The first-order chi connectivity index (χ1) is 23.1. The molecule has 11 heteroatoms. The van der Waals surface area contributed by atoms with Gasteiger partial charge in [0.2, 0.25) is 0 Å². The summed E-state index contributed by atoms with van der Waals surface area (Å²) in [6.45, 7) is 5.65. The number of methoxy groups -OCH3 is 1. The van der Waals surface area contributed by atoms with Crippen molar-refractivity contribution >= 4 is 41.3 Å². The summed E-state index contributed by atoms with van der Waals surface area (Å²) in [7, 11) is 1.56. The summed E-state index contributed by atoms with van der Waals surface area (Å²) >= 11 is 1.39. The highest BCUT2D eigenvalue weighted by Crippen LogP contribution is 2.43. The maximum Gasteiger partial charge on any atom is 0.408 e.